The highest BCUT2D eigenvalue weighted by Gasteiger charge is 2.31. The highest BCUT2D eigenvalue weighted by molar-refractivity contribution is 8.03. The van der Waals surface area contributed by atoms with Gasteiger partial charge in [0, 0.05) is 41.1 Å². The van der Waals surface area contributed by atoms with Crippen LogP contribution < -0.4 is 35.9 Å². The number of Topliss-reactive ketones (excluding diaryl/α,β-unsaturated/α-hetero) is 1. The number of thioether (sulfide) groups is 1. The number of ketones is 1. The summed E-state index contributed by atoms with van der Waals surface area (Å²) in [7, 11) is 0. The molecule has 8 heteroatoms. The zero-order chi connectivity index (χ0) is 38.2. The lowest BCUT2D eigenvalue weighted by Crippen LogP contribution is -2.50. The number of hydrogen-bond acceptors (Lipinski definition) is 7. The molecule has 7 aromatic carbocycles. The molecule has 1 aromatic heterocycles. The minimum atomic E-state index is -0.250. The topological polar surface area (TPSA) is 81.4 Å². The maximum Gasteiger partial charge on any atom is 0.263 e. The molecule has 1 aliphatic heterocycles. The van der Waals surface area contributed by atoms with Crippen LogP contribution in [0.4, 0.5) is 5.69 Å². The van der Waals surface area contributed by atoms with Crippen molar-refractivity contribution in [1.29, 1.82) is 0 Å². The first kappa shape index (κ1) is 34.6. The number of allylic oxidation sites excluding steroid dienone is 3. The van der Waals surface area contributed by atoms with E-state index in [0.717, 1.165) is 102 Å². The fourth-order valence-corrected chi connectivity index (χ4v) is 10.7. The van der Waals surface area contributed by atoms with Gasteiger partial charge in [0.2, 0.25) is 16.4 Å². The molecule has 0 unspecified atom stereocenters. The molecule has 2 aliphatic rings. The Morgan fingerprint density at radius 2 is 1.39 bits per heavy atom. The van der Waals surface area contributed by atoms with Crippen LogP contribution in [0.2, 0.25) is 0 Å². The Morgan fingerprint density at radius 3 is 2.12 bits per heavy atom. The van der Waals surface area contributed by atoms with Crippen LogP contribution in [0.1, 0.15) is 44.5 Å². The number of thiazole rings is 1. The van der Waals surface area contributed by atoms with Crippen LogP contribution >= 0.6 is 23.1 Å². The van der Waals surface area contributed by atoms with Crippen molar-refractivity contribution < 1.29 is 14.5 Å². The lowest BCUT2D eigenvalue weighted by atomic mass is 9.84. The average molecular weight is 769 g/mol. The Kier molecular flexibility index (Phi) is 8.31. The molecule has 2 heterocycles. The monoisotopic (exact) mass is 768 g/mol. The van der Waals surface area contributed by atoms with Gasteiger partial charge in [0.15, 0.2) is 12.3 Å². The highest BCUT2D eigenvalue weighted by Crippen LogP contribution is 2.47. The Labute approximate surface area is 330 Å². The van der Waals surface area contributed by atoms with E-state index in [0.29, 0.717) is 10.4 Å². The van der Waals surface area contributed by atoms with Crippen LogP contribution in [0.5, 0.6) is 0 Å². The standard InChI is InChI=1S/C48H36N2O4S2/c1-3-5-23-49-35-11-7-9-13-37(35)55-39(49)25-33-45(51)43(46(33)52)31-21-17-27-16-20-30-32(22-18-28-15-19-29(31)41(27)42(28)30)44-47(53)34(48(44)54)26-40-50(24-6-4-2)36-12-8-10-14-38(36)56-40/h7-22,25-26H,3-6,23-24H2,1-2H3. The molecule has 0 saturated heterocycles. The van der Waals surface area contributed by atoms with E-state index in [2.05, 4.69) is 47.6 Å². The van der Waals surface area contributed by atoms with Gasteiger partial charge >= 0.3 is 0 Å². The largest absolute Gasteiger partial charge is 0.871 e. The maximum atomic E-state index is 13.9. The van der Waals surface area contributed by atoms with E-state index in [9.17, 15) is 19.5 Å². The van der Waals surface area contributed by atoms with E-state index in [1.165, 1.54) is 0 Å². The van der Waals surface area contributed by atoms with E-state index in [1.807, 2.05) is 72.8 Å². The Morgan fingerprint density at radius 1 is 0.732 bits per heavy atom. The van der Waals surface area contributed by atoms with Gasteiger partial charge in [0.25, 0.3) is 5.01 Å². The summed E-state index contributed by atoms with van der Waals surface area (Å²) in [5.74, 6) is -0.499. The first-order valence-corrected chi connectivity index (χ1v) is 20.9. The first-order chi connectivity index (χ1) is 27.4. The minimum Gasteiger partial charge on any atom is -0.871 e. The van der Waals surface area contributed by atoms with Gasteiger partial charge in [-0.05, 0) is 73.5 Å². The lowest BCUT2D eigenvalue weighted by Gasteiger charge is -2.30. The average Bonchev–Trinajstić information content (AvgIpc) is 3.77. The van der Waals surface area contributed by atoms with Crippen molar-refractivity contribution in [2.75, 3.05) is 11.4 Å². The molecule has 0 saturated carbocycles. The quantitative estimate of drug-likeness (QED) is 0.120. The van der Waals surface area contributed by atoms with Crippen LogP contribution in [-0.4, -0.2) is 12.3 Å². The van der Waals surface area contributed by atoms with Crippen molar-refractivity contribution in [1.82, 2.24) is 0 Å². The molecule has 1 aliphatic carbocycles. The third-order valence-corrected chi connectivity index (χ3v) is 13.6. The molecule has 0 atom stereocenters. The number of nitrogens with zero attached hydrogens (tertiary/aromatic N) is 2. The zero-order valence-corrected chi connectivity index (χ0v) is 32.6. The Balaban J connectivity index is 1.13. The second-order valence-electron chi connectivity index (χ2n) is 14.7. The van der Waals surface area contributed by atoms with Gasteiger partial charge in [-0.25, -0.2) is 0 Å². The van der Waals surface area contributed by atoms with Gasteiger partial charge in [-0.15, -0.1) is 0 Å². The summed E-state index contributed by atoms with van der Waals surface area (Å²) >= 11 is 3.19. The third-order valence-electron chi connectivity index (χ3n) is 11.4. The fourth-order valence-electron chi connectivity index (χ4n) is 8.48. The number of rotatable bonds is 8. The number of fused-ring (bicyclic) bond motifs is 2. The predicted molar refractivity (Wildman–Crippen MR) is 227 cm³/mol. The minimum absolute atomic E-state index is 0.196. The summed E-state index contributed by atoms with van der Waals surface area (Å²) in [4.78, 5) is 45.1. The number of benzene rings is 6. The summed E-state index contributed by atoms with van der Waals surface area (Å²) < 4.78 is 3.33. The van der Waals surface area contributed by atoms with Gasteiger partial charge in [0.1, 0.15) is 4.70 Å². The SMILES string of the molecule is CCCCN1C(=CC2=C([O-])C(=c3ccc4ccc5c(=c6c(=O)c(=Cc7sc8ccccc8[n+]7CCCC)c6=O)ccc6ccc3c4c65)C2=O)Sc2ccccc21. The van der Waals surface area contributed by atoms with Gasteiger partial charge in [0.05, 0.1) is 21.2 Å². The van der Waals surface area contributed by atoms with Crippen molar-refractivity contribution in [3.05, 3.63) is 166 Å². The number of carbonyl (C=O) groups is 1. The van der Waals surface area contributed by atoms with E-state index in [-0.39, 0.29) is 44.0 Å². The predicted octanol–water partition coefficient (Wildman–Crippen LogP) is 7.20. The number of anilines is 1. The second kappa shape index (κ2) is 13.4. The molecule has 10 rings (SSSR count). The molecule has 0 radical (unpaired) electrons. The van der Waals surface area contributed by atoms with Crippen LogP contribution in [-0.2, 0) is 11.3 Å². The van der Waals surface area contributed by atoms with Gasteiger partial charge in [-0.3, -0.25) is 14.4 Å². The Bertz CT molecular complexity index is 3320. The van der Waals surface area contributed by atoms with Crippen molar-refractivity contribution in [3.63, 3.8) is 0 Å². The molecule has 0 N–H and O–H groups in total. The Hall–Kier alpha value is -5.83. The third kappa shape index (κ3) is 5.16. The molecule has 8 aromatic rings. The van der Waals surface area contributed by atoms with E-state index >= 15 is 0 Å². The summed E-state index contributed by atoms with van der Waals surface area (Å²) in [6.07, 6.45) is 7.61. The fraction of sp³-hybridized carbons (Fsp3) is 0.167. The second-order valence-corrected chi connectivity index (χ2v) is 16.8. The number of carbonyl (C=O) groups excluding carboxylic acids is 1. The molecule has 0 spiro atoms. The molecule has 0 fully saturated rings. The summed E-state index contributed by atoms with van der Waals surface area (Å²) in [5.41, 5.74) is 2.12. The molecule has 0 amide bonds. The highest BCUT2D eigenvalue weighted by atomic mass is 32.2. The number of para-hydroxylation sites is 2. The number of unbranched alkanes of at least 4 members (excludes halogenated alkanes) is 2. The van der Waals surface area contributed by atoms with Crippen LogP contribution in [0.25, 0.3) is 54.2 Å². The number of hydrogen-bond donors (Lipinski definition) is 0. The summed E-state index contributed by atoms with van der Waals surface area (Å²) in [6.45, 7) is 5.93. The zero-order valence-electron chi connectivity index (χ0n) is 31.0. The normalized spacial score (nSPS) is 16.1. The van der Waals surface area contributed by atoms with Crippen LogP contribution in [0, 0.1) is 10.4 Å². The first-order valence-electron chi connectivity index (χ1n) is 19.3. The summed E-state index contributed by atoms with van der Waals surface area (Å²) in [5, 5.41) is 22.6. The van der Waals surface area contributed by atoms with Gasteiger partial charge in [-0.2, -0.15) is 4.57 Å². The van der Waals surface area contributed by atoms with Crippen molar-refractivity contribution in [3.8, 4) is 0 Å². The van der Waals surface area contributed by atoms with E-state index < -0.39 is 0 Å². The van der Waals surface area contributed by atoms with Crippen LogP contribution in [0.15, 0.2) is 134 Å². The van der Waals surface area contributed by atoms with Gasteiger partial charge in [-0.1, -0.05) is 128 Å². The van der Waals surface area contributed by atoms with Crippen molar-refractivity contribution in [2.45, 2.75) is 51.0 Å². The lowest BCUT2D eigenvalue weighted by molar-refractivity contribution is -0.669. The summed E-state index contributed by atoms with van der Waals surface area (Å²) in [6, 6.07) is 32.0. The number of aryl methyl sites for hydroxylation is 1. The maximum absolute atomic E-state index is 13.9. The van der Waals surface area contributed by atoms with E-state index in [1.54, 1.807) is 35.3 Å². The van der Waals surface area contributed by atoms with E-state index in [4.69, 9.17) is 0 Å². The number of aromatic nitrogens is 1. The molecular weight excluding hydrogens is 733 g/mol. The molecule has 6 nitrogen and oxygen atoms in total. The molecule has 56 heavy (non-hydrogen) atoms. The molecule has 0 bridgehead atoms. The van der Waals surface area contributed by atoms with Crippen LogP contribution in [0.3, 0.4) is 0 Å². The van der Waals surface area contributed by atoms with Crippen molar-refractivity contribution >= 4 is 88.8 Å². The van der Waals surface area contributed by atoms with Gasteiger partial charge < -0.3 is 10.0 Å². The van der Waals surface area contributed by atoms with Crippen molar-refractivity contribution in [2.24, 2.45) is 0 Å². The molecular formula is C48H36N2O4S2. The molecule has 274 valence electrons. The smallest absolute Gasteiger partial charge is 0.263 e.